The van der Waals surface area contributed by atoms with Crippen molar-refractivity contribution in [1.29, 1.82) is 5.41 Å². The number of carbonyl (C=O) groups is 4. The van der Waals surface area contributed by atoms with Crippen LogP contribution >= 0.6 is 0 Å². The Kier molecular flexibility index (Phi) is 9.87. The van der Waals surface area contributed by atoms with Crippen LogP contribution in [0.25, 0.3) is 0 Å². The van der Waals surface area contributed by atoms with E-state index in [2.05, 4.69) is 16.0 Å². The minimum Gasteiger partial charge on any atom is -0.444 e. The second kappa shape index (κ2) is 13.1. The van der Waals surface area contributed by atoms with Crippen LogP contribution in [0.2, 0.25) is 0 Å². The van der Waals surface area contributed by atoms with Gasteiger partial charge < -0.3 is 31.3 Å². The van der Waals surface area contributed by atoms with Crippen molar-refractivity contribution >= 4 is 41.0 Å². The summed E-state index contributed by atoms with van der Waals surface area (Å²) in [6.45, 7) is 8.21. The maximum absolute atomic E-state index is 12.8. The number of rotatable bonds is 8. The van der Waals surface area contributed by atoms with Gasteiger partial charge in [0.15, 0.2) is 0 Å². The number of anilines is 2. The van der Waals surface area contributed by atoms with E-state index in [9.17, 15) is 19.2 Å². The molecule has 214 valence electrons. The van der Waals surface area contributed by atoms with Crippen molar-refractivity contribution in [3.8, 4) is 0 Å². The fourth-order valence-electron chi connectivity index (χ4n) is 4.21. The zero-order valence-corrected chi connectivity index (χ0v) is 23.4. The van der Waals surface area contributed by atoms with Crippen LogP contribution in [-0.4, -0.2) is 53.2 Å². The predicted molar refractivity (Wildman–Crippen MR) is 153 cm³/mol. The first kappa shape index (κ1) is 30.1. The number of likely N-dealkylation sites (tertiary alicyclic amines) is 1. The van der Waals surface area contributed by atoms with Crippen molar-refractivity contribution < 1.29 is 23.9 Å². The molecule has 1 fully saturated rings. The monoisotopic (exact) mass is 550 g/mol. The van der Waals surface area contributed by atoms with Crippen LogP contribution in [0.5, 0.6) is 0 Å². The fourth-order valence-corrected chi connectivity index (χ4v) is 4.21. The molecule has 1 atom stereocenters. The lowest BCUT2D eigenvalue weighted by Gasteiger charge is -2.32. The molecule has 2 aromatic carbocycles. The van der Waals surface area contributed by atoms with E-state index in [4.69, 9.17) is 15.9 Å². The van der Waals surface area contributed by atoms with Crippen molar-refractivity contribution in [3.05, 3.63) is 59.7 Å². The maximum atomic E-state index is 12.8. The number of ether oxygens (including phenoxy) is 1. The molecule has 0 spiro atoms. The van der Waals surface area contributed by atoms with Crippen LogP contribution in [0.1, 0.15) is 64.1 Å². The van der Waals surface area contributed by atoms with Gasteiger partial charge >= 0.3 is 6.09 Å². The van der Waals surface area contributed by atoms with E-state index in [0.29, 0.717) is 42.9 Å². The molecule has 1 saturated heterocycles. The van der Waals surface area contributed by atoms with Crippen molar-refractivity contribution in [2.45, 2.75) is 58.6 Å². The number of nitrogens with one attached hydrogen (secondary N) is 4. The molecule has 1 unspecified atom stereocenters. The van der Waals surface area contributed by atoms with Crippen LogP contribution in [0.15, 0.2) is 48.5 Å². The first-order valence-electron chi connectivity index (χ1n) is 13.2. The van der Waals surface area contributed by atoms with E-state index in [1.165, 1.54) is 0 Å². The highest BCUT2D eigenvalue weighted by Crippen LogP contribution is 2.22. The molecule has 11 heteroatoms. The van der Waals surface area contributed by atoms with Crippen LogP contribution in [-0.2, 0) is 19.1 Å². The van der Waals surface area contributed by atoms with Gasteiger partial charge in [-0.15, -0.1) is 0 Å². The molecule has 1 heterocycles. The van der Waals surface area contributed by atoms with Gasteiger partial charge in [-0.25, -0.2) is 4.79 Å². The summed E-state index contributed by atoms with van der Waals surface area (Å²) in [5.41, 5.74) is 7.36. The van der Waals surface area contributed by atoms with Gasteiger partial charge in [-0.05, 0) is 82.5 Å². The molecule has 11 nitrogen and oxygen atoms in total. The lowest BCUT2D eigenvalue weighted by molar-refractivity contribution is -0.127. The number of amidine groups is 1. The number of hydrogen-bond donors (Lipinski definition) is 5. The zero-order valence-electron chi connectivity index (χ0n) is 23.4. The third-order valence-electron chi connectivity index (χ3n) is 6.37. The Bertz CT molecular complexity index is 1230. The molecule has 6 N–H and O–H groups in total. The van der Waals surface area contributed by atoms with Crippen molar-refractivity contribution in [2.75, 3.05) is 23.7 Å². The third kappa shape index (κ3) is 9.11. The topological polar surface area (TPSA) is 167 Å². The predicted octanol–water partition coefficient (Wildman–Crippen LogP) is 3.76. The highest BCUT2D eigenvalue weighted by atomic mass is 16.6. The Hall–Kier alpha value is -4.41. The Labute approximate surface area is 234 Å². The van der Waals surface area contributed by atoms with Crippen LogP contribution in [0, 0.1) is 11.3 Å². The second-order valence-electron chi connectivity index (χ2n) is 10.9. The molecule has 4 amide bonds. The quantitative estimate of drug-likeness (QED) is 0.191. The van der Waals surface area contributed by atoms with Gasteiger partial charge in [-0.1, -0.05) is 12.1 Å². The first-order valence-corrected chi connectivity index (χ1v) is 13.2. The molecule has 1 aliphatic heterocycles. The number of nitrogen functional groups attached to an aromatic ring is 1. The van der Waals surface area contributed by atoms with Crippen LogP contribution < -0.4 is 21.7 Å². The third-order valence-corrected chi connectivity index (χ3v) is 6.37. The van der Waals surface area contributed by atoms with Gasteiger partial charge in [0.2, 0.25) is 17.7 Å². The molecule has 0 aliphatic carbocycles. The molecule has 40 heavy (non-hydrogen) atoms. The molecule has 0 aromatic heterocycles. The molecule has 2 aromatic rings. The van der Waals surface area contributed by atoms with Gasteiger partial charge in [0, 0.05) is 35.9 Å². The lowest BCUT2D eigenvalue weighted by atomic mass is 9.96. The van der Waals surface area contributed by atoms with E-state index >= 15 is 0 Å². The number of benzene rings is 2. The molecule has 0 bridgehead atoms. The van der Waals surface area contributed by atoms with E-state index < -0.39 is 17.4 Å². The number of carbonyl (C=O) groups excluding carboxylic acids is 4. The largest absolute Gasteiger partial charge is 0.444 e. The Morgan fingerprint density at radius 2 is 1.50 bits per heavy atom. The molecule has 3 rings (SSSR count). The van der Waals surface area contributed by atoms with Gasteiger partial charge in [-0.2, -0.15) is 0 Å². The van der Waals surface area contributed by atoms with E-state index in [-0.39, 0.29) is 36.2 Å². The zero-order chi connectivity index (χ0) is 29.4. The number of amides is 4. The highest BCUT2D eigenvalue weighted by molar-refractivity contribution is 6.04. The summed E-state index contributed by atoms with van der Waals surface area (Å²) in [5.74, 6) is -1.26. The average molecular weight is 551 g/mol. The highest BCUT2D eigenvalue weighted by Gasteiger charge is 2.30. The van der Waals surface area contributed by atoms with Gasteiger partial charge in [0.1, 0.15) is 17.9 Å². The number of hydrogen-bond acceptors (Lipinski definition) is 6. The molecular weight excluding hydrogens is 512 g/mol. The Morgan fingerprint density at radius 1 is 0.950 bits per heavy atom. The van der Waals surface area contributed by atoms with Crippen molar-refractivity contribution in [1.82, 2.24) is 10.2 Å². The van der Waals surface area contributed by atoms with E-state index in [1.807, 2.05) is 39.8 Å². The van der Waals surface area contributed by atoms with Gasteiger partial charge in [0.25, 0.3) is 0 Å². The second-order valence-corrected chi connectivity index (χ2v) is 10.9. The summed E-state index contributed by atoms with van der Waals surface area (Å²) in [7, 11) is 0. The van der Waals surface area contributed by atoms with Gasteiger partial charge in [0.05, 0.1) is 6.04 Å². The molecule has 0 radical (unpaired) electrons. The minimum atomic E-state index is -0.557. The van der Waals surface area contributed by atoms with E-state index in [1.54, 1.807) is 41.3 Å². The standard InChI is InChI=1S/C29H38N6O5/c1-18(32-24(36)17-25(37)33-22-11-7-20(8-12-22)26(30)31)19-5-9-23(10-6-19)34-27(38)21-13-15-35(16-14-21)28(39)40-29(2,3)4/h5-12,18,21H,13-17H2,1-4H3,(H3,30,31)(H,32,36)(H,33,37)(H,34,38). The van der Waals surface area contributed by atoms with Crippen LogP contribution in [0.3, 0.4) is 0 Å². The van der Waals surface area contributed by atoms with Gasteiger partial charge in [-0.3, -0.25) is 19.8 Å². The number of piperidine rings is 1. The Balaban J connectivity index is 1.43. The fraction of sp³-hybridized carbons (Fsp3) is 0.414. The van der Waals surface area contributed by atoms with Crippen molar-refractivity contribution in [2.24, 2.45) is 11.7 Å². The summed E-state index contributed by atoms with van der Waals surface area (Å²) in [4.78, 5) is 51.3. The smallest absolute Gasteiger partial charge is 0.410 e. The minimum absolute atomic E-state index is 0.0703. The molecule has 0 saturated carbocycles. The summed E-state index contributed by atoms with van der Waals surface area (Å²) in [6.07, 6.45) is 0.413. The van der Waals surface area contributed by atoms with E-state index in [0.717, 1.165) is 5.56 Å². The first-order chi connectivity index (χ1) is 18.8. The summed E-state index contributed by atoms with van der Waals surface area (Å²) < 4.78 is 5.41. The normalized spacial score (nSPS) is 14.6. The summed E-state index contributed by atoms with van der Waals surface area (Å²) in [5, 5.41) is 15.8. The van der Waals surface area contributed by atoms with Crippen LogP contribution in [0.4, 0.5) is 16.2 Å². The number of nitrogens with two attached hydrogens (primary N) is 1. The summed E-state index contributed by atoms with van der Waals surface area (Å²) >= 11 is 0. The average Bonchev–Trinajstić information content (AvgIpc) is 2.88. The Morgan fingerprint density at radius 3 is 2.05 bits per heavy atom. The molecule has 1 aliphatic rings. The maximum Gasteiger partial charge on any atom is 0.410 e. The lowest BCUT2D eigenvalue weighted by Crippen LogP contribution is -2.43. The molecular formula is C29H38N6O5. The summed E-state index contributed by atoms with van der Waals surface area (Å²) in [6, 6.07) is 13.3. The number of nitrogens with zero attached hydrogens (tertiary/aromatic N) is 1. The van der Waals surface area contributed by atoms with Crippen molar-refractivity contribution in [3.63, 3.8) is 0 Å². The SMILES string of the molecule is CC(NC(=O)CC(=O)Nc1ccc(C(=N)N)cc1)c1ccc(NC(=O)C2CCN(C(=O)OC(C)(C)C)CC2)cc1.